The van der Waals surface area contributed by atoms with Crippen LogP contribution < -0.4 is 14.8 Å². The van der Waals surface area contributed by atoms with Crippen LogP contribution in [0.15, 0.2) is 75.2 Å². The number of halogens is 3. The lowest BCUT2D eigenvalue weighted by Gasteiger charge is -2.13. The number of carbonyl (C=O) groups is 1. The molecule has 3 rings (SSSR count). The SMILES string of the molecule is COc1ccc(NC(=O)/C(C#N)=C/c2cc(Br)cc(Br)c2OCc2ccc(F)cc2)cc1. The number of amides is 1. The van der Waals surface area contributed by atoms with Crippen molar-refractivity contribution in [3.63, 3.8) is 0 Å². The Hall–Kier alpha value is -3.15. The molecular weight excluding hydrogens is 543 g/mol. The van der Waals surface area contributed by atoms with Crippen molar-refractivity contribution in [1.82, 2.24) is 0 Å². The molecule has 0 heterocycles. The molecule has 0 saturated carbocycles. The molecule has 0 fully saturated rings. The van der Waals surface area contributed by atoms with Crippen LogP contribution in [0, 0.1) is 17.1 Å². The van der Waals surface area contributed by atoms with E-state index in [2.05, 4.69) is 37.2 Å². The van der Waals surface area contributed by atoms with Gasteiger partial charge in [0.2, 0.25) is 0 Å². The summed E-state index contributed by atoms with van der Waals surface area (Å²) in [4.78, 5) is 12.7. The number of rotatable bonds is 7. The predicted molar refractivity (Wildman–Crippen MR) is 128 cm³/mol. The van der Waals surface area contributed by atoms with Crippen LogP contribution in [-0.2, 0) is 11.4 Å². The molecule has 1 amide bonds. The molecule has 0 aliphatic carbocycles. The maximum absolute atomic E-state index is 13.1. The molecule has 5 nitrogen and oxygen atoms in total. The summed E-state index contributed by atoms with van der Waals surface area (Å²) < 4.78 is 25.5. The number of hydrogen-bond donors (Lipinski definition) is 1. The summed E-state index contributed by atoms with van der Waals surface area (Å²) in [5.41, 5.74) is 1.72. The van der Waals surface area contributed by atoms with Crippen molar-refractivity contribution >= 4 is 49.5 Å². The molecule has 0 aliphatic heterocycles. The number of benzene rings is 3. The van der Waals surface area contributed by atoms with Gasteiger partial charge in [-0.25, -0.2) is 4.39 Å². The zero-order chi connectivity index (χ0) is 23.1. The van der Waals surface area contributed by atoms with Crippen LogP contribution in [0.3, 0.4) is 0 Å². The van der Waals surface area contributed by atoms with Gasteiger partial charge in [-0.1, -0.05) is 28.1 Å². The van der Waals surface area contributed by atoms with Gasteiger partial charge in [0.25, 0.3) is 5.91 Å². The minimum absolute atomic E-state index is 0.0996. The van der Waals surface area contributed by atoms with E-state index >= 15 is 0 Å². The summed E-state index contributed by atoms with van der Waals surface area (Å²) in [7, 11) is 1.55. The molecule has 3 aromatic carbocycles. The van der Waals surface area contributed by atoms with E-state index in [-0.39, 0.29) is 18.0 Å². The lowest BCUT2D eigenvalue weighted by molar-refractivity contribution is -0.112. The second-order valence-corrected chi connectivity index (χ2v) is 8.34. The normalized spacial score (nSPS) is 10.9. The van der Waals surface area contributed by atoms with Crippen molar-refractivity contribution in [2.24, 2.45) is 0 Å². The van der Waals surface area contributed by atoms with Gasteiger partial charge in [0.05, 0.1) is 11.6 Å². The Bertz CT molecular complexity index is 1190. The van der Waals surface area contributed by atoms with Crippen LogP contribution >= 0.6 is 31.9 Å². The average molecular weight is 560 g/mol. The minimum atomic E-state index is -0.557. The lowest BCUT2D eigenvalue weighted by Crippen LogP contribution is -2.13. The zero-order valence-corrected chi connectivity index (χ0v) is 20.0. The van der Waals surface area contributed by atoms with Crippen LogP contribution in [-0.4, -0.2) is 13.0 Å². The standard InChI is InChI=1S/C24H17Br2FN2O3/c1-31-21-8-6-20(7-9-21)29-24(30)17(13-28)10-16-11-18(25)12-22(26)23(16)32-14-15-2-4-19(27)5-3-15/h2-12H,14H2,1H3,(H,29,30)/b17-10+. The maximum Gasteiger partial charge on any atom is 0.266 e. The fourth-order valence-corrected chi connectivity index (χ4v) is 4.13. The van der Waals surface area contributed by atoms with Crippen LogP contribution in [0.2, 0.25) is 0 Å². The predicted octanol–water partition coefficient (Wildman–Crippen LogP) is 6.48. The van der Waals surface area contributed by atoms with Gasteiger partial charge < -0.3 is 14.8 Å². The molecule has 0 bridgehead atoms. The molecule has 8 heteroatoms. The van der Waals surface area contributed by atoms with Gasteiger partial charge >= 0.3 is 0 Å². The highest BCUT2D eigenvalue weighted by molar-refractivity contribution is 9.11. The van der Waals surface area contributed by atoms with Gasteiger partial charge in [-0.3, -0.25) is 4.79 Å². The number of nitriles is 1. The number of hydrogen-bond acceptors (Lipinski definition) is 4. The first-order valence-corrected chi connectivity index (χ1v) is 10.9. The fourth-order valence-electron chi connectivity index (χ4n) is 2.75. The van der Waals surface area contributed by atoms with Crippen LogP contribution in [0.25, 0.3) is 6.08 Å². The van der Waals surface area contributed by atoms with Crippen molar-refractivity contribution in [3.05, 3.63) is 92.1 Å². The summed E-state index contributed by atoms with van der Waals surface area (Å²) in [5.74, 6) is 0.213. The Kier molecular flexibility index (Phi) is 8.03. The number of nitrogens with one attached hydrogen (secondary N) is 1. The second-order valence-electron chi connectivity index (χ2n) is 6.57. The highest BCUT2D eigenvalue weighted by Crippen LogP contribution is 2.35. The number of methoxy groups -OCH3 is 1. The Morgan fingerprint density at radius 3 is 2.44 bits per heavy atom. The minimum Gasteiger partial charge on any atom is -0.497 e. The van der Waals surface area contributed by atoms with Crippen molar-refractivity contribution in [3.8, 4) is 17.6 Å². The summed E-state index contributed by atoms with van der Waals surface area (Å²) >= 11 is 6.88. The summed E-state index contributed by atoms with van der Waals surface area (Å²) in [5, 5.41) is 12.3. The highest BCUT2D eigenvalue weighted by atomic mass is 79.9. The first kappa shape index (κ1) is 23.5. The van der Waals surface area contributed by atoms with E-state index in [4.69, 9.17) is 9.47 Å². The third-order valence-corrected chi connectivity index (χ3v) is 5.39. The maximum atomic E-state index is 13.1. The number of nitrogens with zero attached hydrogens (tertiary/aromatic N) is 1. The largest absolute Gasteiger partial charge is 0.497 e. The van der Waals surface area contributed by atoms with Crippen LogP contribution in [0.1, 0.15) is 11.1 Å². The van der Waals surface area contributed by atoms with E-state index in [1.165, 1.54) is 18.2 Å². The Morgan fingerprint density at radius 1 is 1.12 bits per heavy atom. The van der Waals surface area contributed by atoms with Crippen molar-refractivity contribution < 1.29 is 18.7 Å². The smallest absolute Gasteiger partial charge is 0.266 e. The summed E-state index contributed by atoms with van der Waals surface area (Å²) in [6.07, 6.45) is 1.45. The summed E-state index contributed by atoms with van der Waals surface area (Å²) in [6, 6.07) is 18.2. The van der Waals surface area contributed by atoms with E-state index < -0.39 is 5.91 Å². The van der Waals surface area contributed by atoms with Crippen molar-refractivity contribution in [1.29, 1.82) is 5.26 Å². The van der Waals surface area contributed by atoms with E-state index in [1.54, 1.807) is 55.6 Å². The van der Waals surface area contributed by atoms with Gasteiger partial charge in [-0.05, 0) is 76.1 Å². The van der Waals surface area contributed by atoms with Crippen molar-refractivity contribution in [2.75, 3.05) is 12.4 Å². The molecule has 32 heavy (non-hydrogen) atoms. The molecule has 0 spiro atoms. The quantitative estimate of drug-likeness (QED) is 0.265. The second kappa shape index (κ2) is 10.9. The molecule has 0 aromatic heterocycles. The molecule has 1 N–H and O–H groups in total. The van der Waals surface area contributed by atoms with Gasteiger partial charge in [-0.15, -0.1) is 0 Å². The van der Waals surface area contributed by atoms with E-state index in [0.29, 0.717) is 27.2 Å². The monoisotopic (exact) mass is 558 g/mol. The van der Waals surface area contributed by atoms with Crippen LogP contribution in [0.5, 0.6) is 11.5 Å². The molecule has 0 atom stereocenters. The molecule has 0 radical (unpaired) electrons. The van der Waals surface area contributed by atoms with E-state index in [1.807, 2.05) is 6.07 Å². The van der Waals surface area contributed by atoms with Gasteiger partial charge in [-0.2, -0.15) is 5.26 Å². The third-order valence-electron chi connectivity index (χ3n) is 4.35. The number of ether oxygens (including phenoxy) is 2. The fraction of sp³-hybridized carbons (Fsp3) is 0.0833. The Morgan fingerprint density at radius 2 is 1.81 bits per heavy atom. The first-order chi connectivity index (χ1) is 15.4. The Labute approximate surface area is 201 Å². The molecule has 162 valence electrons. The molecule has 3 aromatic rings. The highest BCUT2D eigenvalue weighted by Gasteiger charge is 2.14. The number of anilines is 1. The summed E-state index contributed by atoms with van der Waals surface area (Å²) in [6.45, 7) is 0.182. The van der Waals surface area contributed by atoms with Crippen molar-refractivity contribution in [2.45, 2.75) is 6.61 Å². The van der Waals surface area contributed by atoms with Crippen LogP contribution in [0.4, 0.5) is 10.1 Å². The Balaban J connectivity index is 1.85. The van der Waals surface area contributed by atoms with Gasteiger partial charge in [0.15, 0.2) is 0 Å². The molecular formula is C24H17Br2FN2O3. The topological polar surface area (TPSA) is 71.3 Å². The van der Waals surface area contributed by atoms with Gasteiger partial charge in [0, 0.05) is 15.7 Å². The first-order valence-electron chi connectivity index (χ1n) is 9.33. The lowest BCUT2D eigenvalue weighted by atomic mass is 10.1. The third kappa shape index (κ3) is 6.19. The zero-order valence-electron chi connectivity index (χ0n) is 16.9. The average Bonchev–Trinajstić information content (AvgIpc) is 2.78. The van der Waals surface area contributed by atoms with E-state index in [0.717, 1.165) is 10.0 Å². The van der Waals surface area contributed by atoms with E-state index in [9.17, 15) is 14.4 Å². The number of carbonyl (C=O) groups excluding carboxylic acids is 1. The van der Waals surface area contributed by atoms with Gasteiger partial charge in [0.1, 0.15) is 35.6 Å². The molecule has 0 aliphatic rings. The molecule has 0 unspecified atom stereocenters. The molecule has 0 saturated heterocycles.